The van der Waals surface area contributed by atoms with Gasteiger partial charge in [0.2, 0.25) is 0 Å². The van der Waals surface area contributed by atoms with Gasteiger partial charge in [0.1, 0.15) is 5.60 Å². The Morgan fingerprint density at radius 2 is 1.91 bits per heavy atom. The second-order valence-electron chi connectivity index (χ2n) is 9.69. The Morgan fingerprint density at radius 1 is 1.12 bits per heavy atom. The highest BCUT2D eigenvalue weighted by atomic mass is 32.1. The topological polar surface area (TPSA) is 58.6 Å². The van der Waals surface area contributed by atoms with E-state index in [0.29, 0.717) is 13.1 Å². The molecule has 0 radical (unpaired) electrons. The van der Waals surface area contributed by atoms with Crippen molar-refractivity contribution in [2.24, 2.45) is 0 Å². The summed E-state index contributed by atoms with van der Waals surface area (Å²) in [6, 6.07) is 8.59. The van der Waals surface area contributed by atoms with Crippen molar-refractivity contribution in [2.45, 2.75) is 59.1 Å². The Kier molecular flexibility index (Phi) is 7.29. The molecule has 4 rings (SSSR count). The summed E-state index contributed by atoms with van der Waals surface area (Å²) in [5, 5.41) is 0. The van der Waals surface area contributed by atoms with Gasteiger partial charge in [0.15, 0.2) is 0 Å². The zero-order valence-corrected chi connectivity index (χ0v) is 21.0. The fourth-order valence-electron chi connectivity index (χ4n) is 4.02. The van der Waals surface area contributed by atoms with Gasteiger partial charge in [-0.2, -0.15) is 0 Å². The van der Waals surface area contributed by atoms with Gasteiger partial charge in [-0.15, -0.1) is 11.3 Å². The third kappa shape index (κ3) is 6.09. The zero-order valence-electron chi connectivity index (χ0n) is 20.1. The fourth-order valence-corrected chi connectivity index (χ4v) is 5.15. The number of nitrogens with zero attached hydrogens (tertiary/aromatic N) is 4. The van der Waals surface area contributed by atoms with E-state index in [9.17, 15) is 4.79 Å². The van der Waals surface area contributed by atoms with Crippen LogP contribution in [0.15, 0.2) is 36.7 Å². The molecule has 0 atom stereocenters. The van der Waals surface area contributed by atoms with E-state index in [1.54, 1.807) is 16.2 Å². The van der Waals surface area contributed by atoms with Gasteiger partial charge >= 0.3 is 6.09 Å². The minimum absolute atomic E-state index is 0.219. The SMILES string of the molecule is CCCCc1ccnc2cc(-c3ccc(CN4CCN(C(=O)OC(C)(C)C)CC4)cn3)sc12. The van der Waals surface area contributed by atoms with Crippen molar-refractivity contribution in [3.8, 4) is 10.6 Å². The molecule has 1 aliphatic heterocycles. The van der Waals surface area contributed by atoms with Gasteiger partial charge in [-0.05, 0) is 62.9 Å². The highest BCUT2D eigenvalue weighted by Crippen LogP contribution is 2.34. The molecule has 176 valence electrons. The molecular weight excluding hydrogens is 432 g/mol. The number of hydrogen-bond donors (Lipinski definition) is 0. The average molecular weight is 467 g/mol. The molecule has 0 saturated carbocycles. The molecule has 0 aromatic carbocycles. The molecule has 4 heterocycles. The Hall–Kier alpha value is -2.51. The standard InChI is InChI=1S/C26H34N4O2S/c1-5-6-7-20-10-11-27-22-16-23(33-24(20)22)21-9-8-19(17-28-21)18-29-12-14-30(15-13-29)25(31)32-26(2,3)4/h8-11,16-17H,5-7,12-15,18H2,1-4H3. The van der Waals surface area contributed by atoms with Crippen molar-refractivity contribution < 1.29 is 9.53 Å². The summed E-state index contributed by atoms with van der Waals surface area (Å²) in [7, 11) is 0. The maximum absolute atomic E-state index is 12.3. The summed E-state index contributed by atoms with van der Waals surface area (Å²) in [6.07, 6.45) is 7.17. The summed E-state index contributed by atoms with van der Waals surface area (Å²) >= 11 is 1.79. The normalized spacial score (nSPS) is 15.2. The first-order chi connectivity index (χ1) is 15.8. The van der Waals surface area contributed by atoms with Gasteiger partial charge in [-0.25, -0.2) is 4.79 Å². The van der Waals surface area contributed by atoms with Gasteiger partial charge in [-0.1, -0.05) is 19.4 Å². The van der Waals surface area contributed by atoms with E-state index in [2.05, 4.69) is 41.1 Å². The lowest BCUT2D eigenvalue weighted by molar-refractivity contribution is 0.0139. The van der Waals surface area contributed by atoms with Crippen LogP contribution in [0.4, 0.5) is 4.79 Å². The third-order valence-corrected chi connectivity index (χ3v) is 7.02. The van der Waals surface area contributed by atoms with Crippen LogP contribution in [0.2, 0.25) is 0 Å². The summed E-state index contributed by atoms with van der Waals surface area (Å²) in [4.78, 5) is 26.9. The summed E-state index contributed by atoms with van der Waals surface area (Å²) in [5.74, 6) is 0. The summed E-state index contributed by atoms with van der Waals surface area (Å²) in [5.41, 5.74) is 4.19. The van der Waals surface area contributed by atoms with Gasteiger partial charge in [0.05, 0.1) is 20.8 Å². The van der Waals surface area contributed by atoms with Crippen molar-refractivity contribution in [3.63, 3.8) is 0 Å². The highest BCUT2D eigenvalue weighted by molar-refractivity contribution is 7.22. The van der Waals surface area contributed by atoms with Crippen molar-refractivity contribution in [1.82, 2.24) is 19.8 Å². The molecule has 0 unspecified atom stereocenters. The van der Waals surface area contributed by atoms with Crippen molar-refractivity contribution in [1.29, 1.82) is 0 Å². The molecule has 0 aliphatic carbocycles. The Labute approximate surface area is 200 Å². The van der Waals surface area contributed by atoms with Crippen LogP contribution in [0.25, 0.3) is 20.8 Å². The number of aromatic nitrogens is 2. The van der Waals surface area contributed by atoms with Crippen LogP contribution >= 0.6 is 11.3 Å². The van der Waals surface area contributed by atoms with Crippen molar-refractivity contribution in [2.75, 3.05) is 26.2 Å². The molecule has 1 saturated heterocycles. The average Bonchev–Trinajstić information content (AvgIpc) is 3.22. The minimum atomic E-state index is -0.455. The number of fused-ring (bicyclic) bond motifs is 1. The molecule has 3 aromatic heterocycles. The van der Waals surface area contributed by atoms with Crippen LogP contribution in [0.1, 0.15) is 51.7 Å². The number of unbranched alkanes of at least 4 members (excludes halogenated alkanes) is 1. The highest BCUT2D eigenvalue weighted by Gasteiger charge is 2.25. The molecule has 0 bridgehead atoms. The first kappa shape index (κ1) is 23.6. The van der Waals surface area contributed by atoms with Crippen LogP contribution in [-0.4, -0.2) is 57.6 Å². The molecule has 7 heteroatoms. The number of carbonyl (C=O) groups excluding carboxylic acids is 1. The van der Waals surface area contributed by atoms with Crippen molar-refractivity contribution >= 4 is 27.6 Å². The van der Waals surface area contributed by atoms with E-state index in [-0.39, 0.29) is 6.09 Å². The maximum atomic E-state index is 12.3. The number of aryl methyl sites for hydroxylation is 1. The lowest BCUT2D eigenvalue weighted by Gasteiger charge is -2.35. The minimum Gasteiger partial charge on any atom is -0.444 e. The lowest BCUT2D eigenvalue weighted by Crippen LogP contribution is -2.49. The number of rotatable bonds is 6. The van der Waals surface area contributed by atoms with Gasteiger partial charge < -0.3 is 9.64 Å². The Bertz CT molecular complexity index is 1080. The number of piperazine rings is 1. The van der Waals surface area contributed by atoms with Crippen LogP contribution in [0.5, 0.6) is 0 Å². The molecule has 0 spiro atoms. The molecule has 6 nitrogen and oxygen atoms in total. The summed E-state index contributed by atoms with van der Waals surface area (Å²) in [6.45, 7) is 11.8. The monoisotopic (exact) mass is 466 g/mol. The quantitative estimate of drug-likeness (QED) is 0.463. The predicted octanol–water partition coefficient (Wildman–Crippen LogP) is 5.75. The van der Waals surface area contributed by atoms with Crippen LogP contribution in [0.3, 0.4) is 0 Å². The molecule has 33 heavy (non-hydrogen) atoms. The number of thiophene rings is 1. The fraction of sp³-hybridized carbons (Fsp3) is 0.500. The van der Waals surface area contributed by atoms with Crippen LogP contribution in [-0.2, 0) is 17.7 Å². The number of hydrogen-bond acceptors (Lipinski definition) is 6. The lowest BCUT2D eigenvalue weighted by atomic mass is 10.1. The number of carbonyl (C=O) groups is 1. The van der Waals surface area contributed by atoms with Crippen LogP contribution in [0, 0.1) is 0 Å². The van der Waals surface area contributed by atoms with E-state index in [0.717, 1.165) is 37.3 Å². The number of pyridine rings is 2. The van der Waals surface area contributed by atoms with E-state index in [4.69, 9.17) is 9.72 Å². The molecule has 1 aliphatic rings. The number of ether oxygens (including phenoxy) is 1. The molecule has 1 amide bonds. The Balaban J connectivity index is 1.36. The molecule has 0 N–H and O–H groups in total. The first-order valence-corrected chi connectivity index (χ1v) is 12.7. The second kappa shape index (κ2) is 10.2. The van der Waals surface area contributed by atoms with E-state index >= 15 is 0 Å². The van der Waals surface area contributed by atoms with Gasteiger partial charge in [0, 0.05) is 45.1 Å². The summed E-state index contributed by atoms with van der Waals surface area (Å²) < 4.78 is 6.78. The Morgan fingerprint density at radius 3 is 2.58 bits per heavy atom. The van der Waals surface area contributed by atoms with Gasteiger partial charge in [0.25, 0.3) is 0 Å². The molecular formula is C26H34N4O2S. The first-order valence-electron chi connectivity index (χ1n) is 11.9. The van der Waals surface area contributed by atoms with E-state index in [1.165, 1.54) is 33.5 Å². The second-order valence-corrected chi connectivity index (χ2v) is 10.7. The number of amides is 1. The van der Waals surface area contributed by atoms with E-state index in [1.807, 2.05) is 33.2 Å². The molecule has 3 aromatic rings. The van der Waals surface area contributed by atoms with Gasteiger partial charge in [-0.3, -0.25) is 14.9 Å². The third-order valence-electron chi connectivity index (χ3n) is 5.80. The molecule has 1 fully saturated rings. The maximum Gasteiger partial charge on any atom is 0.410 e. The van der Waals surface area contributed by atoms with Crippen molar-refractivity contribution in [3.05, 3.63) is 47.8 Å². The zero-order chi connectivity index (χ0) is 23.4. The largest absolute Gasteiger partial charge is 0.444 e. The van der Waals surface area contributed by atoms with Crippen LogP contribution < -0.4 is 0 Å². The smallest absolute Gasteiger partial charge is 0.410 e. The predicted molar refractivity (Wildman–Crippen MR) is 135 cm³/mol. The van der Waals surface area contributed by atoms with E-state index < -0.39 is 5.60 Å².